The SMILES string of the molecule is C1CCCO/C(SS/C2=N/CCCCCO2)=N\CC1. The second kappa shape index (κ2) is 9.53. The number of rotatable bonds is 0. The molecule has 0 aromatic carbocycles. The summed E-state index contributed by atoms with van der Waals surface area (Å²) in [6.07, 6.45) is 8.29. The van der Waals surface area contributed by atoms with Crippen LogP contribution < -0.4 is 0 Å². The minimum atomic E-state index is 0.774. The van der Waals surface area contributed by atoms with Crippen molar-refractivity contribution in [3.8, 4) is 0 Å². The lowest BCUT2D eigenvalue weighted by Crippen LogP contribution is -2.07. The number of ether oxygens (including phenoxy) is 2. The maximum absolute atomic E-state index is 5.69. The summed E-state index contributed by atoms with van der Waals surface area (Å²) in [5, 5.41) is 1.55. The van der Waals surface area contributed by atoms with Gasteiger partial charge in [0, 0.05) is 34.7 Å². The van der Waals surface area contributed by atoms with Gasteiger partial charge in [-0.15, -0.1) is 0 Å². The van der Waals surface area contributed by atoms with E-state index < -0.39 is 0 Å². The van der Waals surface area contributed by atoms with Crippen LogP contribution in [0.4, 0.5) is 0 Å². The molecule has 0 atom stereocenters. The van der Waals surface area contributed by atoms with Gasteiger partial charge in [-0.05, 0) is 38.5 Å². The first-order valence-electron chi connectivity index (χ1n) is 7.14. The molecule has 0 aromatic heterocycles. The second-order valence-corrected chi connectivity index (χ2v) is 6.67. The molecule has 108 valence electrons. The Morgan fingerprint density at radius 2 is 1.11 bits per heavy atom. The van der Waals surface area contributed by atoms with Crippen molar-refractivity contribution in [1.82, 2.24) is 0 Å². The maximum Gasteiger partial charge on any atom is 0.257 e. The highest BCUT2D eigenvalue weighted by Gasteiger charge is 2.11. The van der Waals surface area contributed by atoms with Gasteiger partial charge in [0.15, 0.2) is 0 Å². The van der Waals surface area contributed by atoms with Gasteiger partial charge in [-0.3, -0.25) is 0 Å². The fourth-order valence-electron chi connectivity index (χ4n) is 1.88. The van der Waals surface area contributed by atoms with Crippen molar-refractivity contribution in [2.75, 3.05) is 26.3 Å². The second-order valence-electron chi connectivity index (χ2n) is 4.63. The summed E-state index contributed by atoms with van der Waals surface area (Å²) < 4.78 is 11.3. The molecule has 0 spiro atoms. The number of aliphatic imine (C=N–C) groups is 2. The standard InChI is InChI=1S/C13H22N2O2S2/c1-2-6-10-16-12(14-8-4-1)18-19-13-15-9-5-3-7-11-17-13/h1-11H2/b14-12+,15-13+. The lowest BCUT2D eigenvalue weighted by Gasteiger charge is -2.12. The molecule has 0 bridgehead atoms. The summed E-state index contributed by atoms with van der Waals surface area (Å²) in [5.74, 6) is 0. The predicted molar refractivity (Wildman–Crippen MR) is 84.0 cm³/mol. The molecule has 0 unspecified atom stereocenters. The highest BCUT2D eigenvalue weighted by atomic mass is 33.1. The van der Waals surface area contributed by atoms with Gasteiger partial charge < -0.3 is 9.47 Å². The van der Waals surface area contributed by atoms with Gasteiger partial charge in [-0.25, -0.2) is 9.98 Å². The summed E-state index contributed by atoms with van der Waals surface area (Å²) in [5.41, 5.74) is 0. The van der Waals surface area contributed by atoms with Gasteiger partial charge >= 0.3 is 0 Å². The normalized spacial score (nSPS) is 27.8. The summed E-state index contributed by atoms with van der Waals surface area (Å²) in [6.45, 7) is 3.30. The zero-order valence-electron chi connectivity index (χ0n) is 11.3. The topological polar surface area (TPSA) is 43.2 Å². The van der Waals surface area contributed by atoms with E-state index in [1.54, 1.807) is 10.8 Å². The number of hydrogen-bond donors (Lipinski definition) is 0. The molecule has 0 saturated heterocycles. The average molecular weight is 302 g/mol. The monoisotopic (exact) mass is 302 g/mol. The lowest BCUT2D eigenvalue weighted by molar-refractivity contribution is 0.295. The molecule has 0 N–H and O–H groups in total. The van der Waals surface area contributed by atoms with Crippen LogP contribution in [0.3, 0.4) is 0 Å². The third-order valence-corrected chi connectivity index (χ3v) is 4.94. The van der Waals surface area contributed by atoms with E-state index in [1.165, 1.54) is 30.1 Å². The Hall–Kier alpha value is -0.360. The van der Waals surface area contributed by atoms with E-state index in [0.717, 1.165) is 62.4 Å². The van der Waals surface area contributed by atoms with Gasteiger partial charge in [0.2, 0.25) is 0 Å². The highest BCUT2D eigenvalue weighted by Crippen LogP contribution is 2.27. The molecule has 2 aliphatic rings. The Morgan fingerprint density at radius 1 is 0.632 bits per heavy atom. The van der Waals surface area contributed by atoms with Crippen LogP contribution in [-0.2, 0) is 9.47 Å². The molecule has 0 amide bonds. The smallest absolute Gasteiger partial charge is 0.257 e. The first-order chi connectivity index (χ1) is 9.45. The Labute approximate surface area is 123 Å². The van der Waals surface area contributed by atoms with E-state index >= 15 is 0 Å². The van der Waals surface area contributed by atoms with Gasteiger partial charge in [0.25, 0.3) is 10.5 Å². The van der Waals surface area contributed by atoms with Crippen molar-refractivity contribution in [3.63, 3.8) is 0 Å². The molecule has 0 saturated carbocycles. The van der Waals surface area contributed by atoms with Gasteiger partial charge in [0.1, 0.15) is 0 Å². The predicted octanol–water partition coefficient (Wildman–Crippen LogP) is 3.87. The van der Waals surface area contributed by atoms with E-state index in [1.807, 2.05) is 0 Å². The fraction of sp³-hybridized carbons (Fsp3) is 0.846. The van der Waals surface area contributed by atoms with Crippen LogP contribution in [0.25, 0.3) is 0 Å². The molecule has 4 nitrogen and oxygen atoms in total. The van der Waals surface area contributed by atoms with Crippen LogP contribution >= 0.6 is 21.6 Å². The summed E-state index contributed by atoms with van der Waals surface area (Å²) in [7, 11) is 3.08. The molecule has 2 aliphatic heterocycles. The highest BCUT2D eigenvalue weighted by molar-refractivity contribution is 8.87. The molecule has 0 fully saturated rings. The largest absolute Gasteiger partial charge is 0.472 e. The van der Waals surface area contributed by atoms with E-state index in [0.29, 0.717) is 0 Å². The number of hydrogen-bond acceptors (Lipinski definition) is 6. The zero-order chi connectivity index (χ0) is 13.2. The minimum Gasteiger partial charge on any atom is -0.472 e. The lowest BCUT2D eigenvalue weighted by atomic mass is 10.2. The minimum absolute atomic E-state index is 0.774. The molecule has 2 rings (SSSR count). The van der Waals surface area contributed by atoms with Crippen LogP contribution in [-0.4, -0.2) is 36.8 Å². The zero-order valence-corrected chi connectivity index (χ0v) is 12.9. The molecule has 6 heteroatoms. The summed E-state index contributed by atoms with van der Waals surface area (Å²) >= 11 is 0. The molecule has 0 aliphatic carbocycles. The van der Waals surface area contributed by atoms with E-state index in [9.17, 15) is 0 Å². The molecular weight excluding hydrogens is 280 g/mol. The van der Waals surface area contributed by atoms with Crippen LogP contribution in [0.5, 0.6) is 0 Å². The van der Waals surface area contributed by atoms with E-state index in [2.05, 4.69) is 9.98 Å². The summed E-state index contributed by atoms with van der Waals surface area (Å²) in [6, 6.07) is 0. The quantitative estimate of drug-likeness (QED) is 0.637. The van der Waals surface area contributed by atoms with Crippen molar-refractivity contribution in [3.05, 3.63) is 0 Å². The molecule has 2 heterocycles. The van der Waals surface area contributed by atoms with Crippen molar-refractivity contribution in [2.45, 2.75) is 44.9 Å². The third-order valence-electron chi connectivity index (χ3n) is 2.97. The first kappa shape index (κ1) is 15.0. The summed E-state index contributed by atoms with van der Waals surface area (Å²) in [4.78, 5) is 8.95. The molecule has 0 radical (unpaired) electrons. The maximum atomic E-state index is 5.69. The van der Waals surface area contributed by atoms with Crippen LogP contribution in [0.15, 0.2) is 9.98 Å². The number of nitrogens with zero attached hydrogens (tertiary/aromatic N) is 2. The van der Waals surface area contributed by atoms with Crippen molar-refractivity contribution in [2.24, 2.45) is 9.98 Å². The Kier molecular flexibility index (Phi) is 7.54. The molecular formula is C13H22N2O2S2. The van der Waals surface area contributed by atoms with Gasteiger partial charge in [-0.2, -0.15) is 0 Å². The fourth-order valence-corrected chi connectivity index (χ4v) is 3.61. The Bertz CT molecular complexity index is 322. The van der Waals surface area contributed by atoms with Crippen LogP contribution in [0, 0.1) is 0 Å². The van der Waals surface area contributed by atoms with Gasteiger partial charge in [-0.1, -0.05) is 6.42 Å². The van der Waals surface area contributed by atoms with Crippen LogP contribution in [0.2, 0.25) is 0 Å². The van der Waals surface area contributed by atoms with Crippen molar-refractivity contribution in [1.29, 1.82) is 0 Å². The van der Waals surface area contributed by atoms with E-state index in [4.69, 9.17) is 9.47 Å². The van der Waals surface area contributed by atoms with E-state index in [-0.39, 0.29) is 0 Å². The molecule has 19 heavy (non-hydrogen) atoms. The van der Waals surface area contributed by atoms with Crippen molar-refractivity contribution >= 4 is 32.0 Å². The van der Waals surface area contributed by atoms with Crippen LogP contribution in [0.1, 0.15) is 44.9 Å². The average Bonchev–Trinajstić information content (AvgIpc) is 2.51. The Balaban J connectivity index is 1.78. The third kappa shape index (κ3) is 6.56. The van der Waals surface area contributed by atoms with Crippen molar-refractivity contribution < 1.29 is 9.47 Å². The van der Waals surface area contributed by atoms with Gasteiger partial charge in [0.05, 0.1) is 13.2 Å². The molecule has 0 aromatic rings. The Morgan fingerprint density at radius 3 is 1.68 bits per heavy atom. The first-order valence-corrected chi connectivity index (χ1v) is 9.29.